The van der Waals surface area contributed by atoms with Crippen LogP contribution in [0.3, 0.4) is 0 Å². The van der Waals surface area contributed by atoms with Crippen molar-refractivity contribution in [2.45, 2.75) is 19.4 Å². The minimum Gasteiger partial charge on any atom is -0.458 e. The van der Waals surface area contributed by atoms with Crippen molar-refractivity contribution in [3.8, 4) is 0 Å². The molecule has 2 heterocycles. The zero-order valence-corrected chi connectivity index (χ0v) is 16.1. The Balaban J connectivity index is 2.13. The number of halogens is 1. The number of nitrogens with zero attached hydrogens (tertiary/aromatic N) is 2. The standard InChI is InChI=1S/C18H17BrN2O3S/c1-3-8-24-17(23)15-11(2)20-18-21(14(22)7-9-25-18)16(15)12-5-4-6-13(19)10-12/h3-6,10,16H,1,7-9H2,2H3/t16-/m0/s1. The third-order valence-electron chi connectivity index (χ3n) is 3.92. The lowest BCUT2D eigenvalue weighted by molar-refractivity contribution is -0.139. The first kappa shape index (κ1) is 17.9. The van der Waals surface area contributed by atoms with Crippen molar-refractivity contribution in [1.29, 1.82) is 0 Å². The molecule has 0 unspecified atom stereocenters. The number of carbonyl (C=O) groups is 2. The second-order valence-electron chi connectivity index (χ2n) is 5.60. The summed E-state index contributed by atoms with van der Waals surface area (Å²) in [5.41, 5.74) is 1.80. The molecule has 0 aromatic heterocycles. The van der Waals surface area contributed by atoms with Crippen LogP contribution in [-0.2, 0) is 14.3 Å². The highest BCUT2D eigenvalue weighted by Gasteiger charge is 2.41. The number of aliphatic imine (C=N–C) groups is 1. The molecule has 1 atom stereocenters. The Morgan fingerprint density at radius 1 is 1.56 bits per heavy atom. The maximum absolute atomic E-state index is 12.7. The Morgan fingerprint density at radius 3 is 3.08 bits per heavy atom. The van der Waals surface area contributed by atoms with Gasteiger partial charge in [-0.15, -0.1) is 0 Å². The monoisotopic (exact) mass is 420 g/mol. The fourth-order valence-corrected chi connectivity index (χ4v) is 4.29. The van der Waals surface area contributed by atoms with Crippen LogP contribution < -0.4 is 0 Å². The predicted molar refractivity (Wildman–Crippen MR) is 102 cm³/mol. The van der Waals surface area contributed by atoms with Crippen molar-refractivity contribution >= 4 is 44.7 Å². The molecule has 0 radical (unpaired) electrons. The highest BCUT2D eigenvalue weighted by molar-refractivity contribution is 9.10. The molecule has 0 N–H and O–H groups in total. The van der Waals surface area contributed by atoms with Crippen molar-refractivity contribution in [1.82, 2.24) is 4.90 Å². The molecule has 1 aromatic rings. The van der Waals surface area contributed by atoms with Crippen LogP contribution in [0.15, 0.2) is 57.7 Å². The molecule has 5 nitrogen and oxygen atoms in total. The maximum atomic E-state index is 12.7. The summed E-state index contributed by atoms with van der Waals surface area (Å²) in [4.78, 5) is 31.4. The fraction of sp³-hybridized carbons (Fsp3) is 0.278. The lowest BCUT2D eigenvalue weighted by atomic mass is 9.94. The van der Waals surface area contributed by atoms with E-state index in [1.165, 1.54) is 17.8 Å². The van der Waals surface area contributed by atoms with Gasteiger partial charge in [0.25, 0.3) is 0 Å². The van der Waals surface area contributed by atoms with Crippen molar-refractivity contribution in [3.63, 3.8) is 0 Å². The van der Waals surface area contributed by atoms with Crippen LogP contribution >= 0.6 is 27.7 Å². The number of allylic oxidation sites excluding steroid dienone is 1. The SMILES string of the molecule is C=CCOC(=O)C1=C(C)N=C2SCCC(=O)N2[C@H]1c1cccc(Br)c1. The Morgan fingerprint density at radius 2 is 2.36 bits per heavy atom. The number of carbonyl (C=O) groups excluding carboxylic acids is 2. The topological polar surface area (TPSA) is 59.0 Å². The molecule has 1 saturated heterocycles. The first-order chi connectivity index (χ1) is 12.0. The van der Waals surface area contributed by atoms with E-state index in [2.05, 4.69) is 27.5 Å². The Hall–Kier alpha value is -1.86. The molecule has 7 heteroatoms. The smallest absolute Gasteiger partial charge is 0.338 e. The van der Waals surface area contributed by atoms with Crippen LogP contribution in [-0.4, -0.2) is 34.3 Å². The van der Waals surface area contributed by atoms with Crippen molar-refractivity contribution in [3.05, 3.63) is 58.2 Å². The first-order valence-electron chi connectivity index (χ1n) is 7.80. The molecule has 0 bridgehead atoms. The number of esters is 1. The van der Waals surface area contributed by atoms with Crippen LogP contribution in [0, 0.1) is 0 Å². The maximum Gasteiger partial charge on any atom is 0.338 e. The molecule has 1 fully saturated rings. The van der Waals surface area contributed by atoms with Crippen LogP contribution in [0.2, 0.25) is 0 Å². The Kier molecular flexibility index (Phi) is 5.44. The van der Waals surface area contributed by atoms with Gasteiger partial charge in [0, 0.05) is 16.6 Å². The summed E-state index contributed by atoms with van der Waals surface area (Å²) in [5.74, 6) is 0.181. The molecule has 1 aromatic carbocycles. The zero-order valence-electron chi connectivity index (χ0n) is 13.7. The predicted octanol–water partition coefficient (Wildman–Crippen LogP) is 3.83. The summed E-state index contributed by atoms with van der Waals surface area (Å²) < 4.78 is 6.13. The molecule has 0 saturated carbocycles. The number of benzene rings is 1. The summed E-state index contributed by atoms with van der Waals surface area (Å²) in [5, 5.41) is 0.638. The summed E-state index contributed by atoms with van der Waals surface area (Å²) >= 11 is 4.99. The van der Waals surface area contributed by atoms with Crippen molar-refractivity contribution in [2.24, 2.45) is 4.99 Å². The first-order valence-corrected chi connectivity index (χ1v) is 9.58. The molecular formula is C18H17BrN2O3S. The lowest BCUT2D eigenvalue weighted by Gasteiger charge is -2.38. The quantitative estimate of drug-likeness (QED) is 0.548. The molecule has 130 valence electrons. The van der Waals surface area contributed by atoms with E-state index in [1.807, 2.05) is 24.3 Å². The van der Waals surface area contributed by atoms with Gasteiger partial charge in [-0.25, -0.2) is 9.79 Å². The zero-order chi connectivity index (χ0) is 18.0. The molecule has 0 spiro atoms. The van der Waals surface area contributed by atoms with Gasteiger partial charge < -0.3 is 4.74 Å². The largest absolute Gasteiger partial charge is 0.458 e. The second-order valence-corrected chi connectivity index (χ2v) is 7.58. The minimum absolute atomic E-state index is 0.0380. The van der Waals surface area contributed by atoms with Crippen LogP contribution in [0.4, 0.5) is 0 Å². The second kappa shape index (κ2) is 7.58. The van der Waals surface area contributed by atoms with E-state index < -0.39 is 12.0 Å². The Labute approximate surface area is 159 Å². The van der Waals surface area contributed by atoms with Gasteiger partial charge in [-0.3, -0.25) is 9.69 Å². The van der Waals surface area contributed by atoms with Crippen LogP contribution in [0.5, 0.6) is 0 Å². The number of amides is 1. The highest BCUT2D eigenvalue weighted by atomic mass is 79.9. The molecular weight excluding hydrogens is 404 g/mol. The third kappa shape index (κ3) is 3.57. The number of thioether (sulfide) groups is 1. The number of ether oxygens (including phenoxy) is 1. The minimum atomic E-state index is -0.539. The van der Waals surface area contributed by atoms with Gasteiger partial charge in [0.15, 0.2) is 5.17 Å². The number of fused-ring (bicyclic) bond motifs is 1. The van der Waals surface area contributed by atoms with Gasteiger partial charge in [-0.05, 0) is 24.6 Å². The molecule has 25 heavy (non-hydrogen) atoms. The van der Waals surface area contributed by atoms with Gasteiger partial charge in [0.05, 0.1) is 17.3 Å². The summed E-state index contributed by atoms with van der Waals surface area (Å²) in [6.45, 7) is 5.46. The van der Waals surface area contributed by atoms with Crippen molar-refractivity contribution < 1.29 is 14.3 Å². The number of hydrogen-bond acceptors (Lipinski definition) is 5. The van der Waals surface area contributed by atoms with E-state index in [-0.39, 0.29) is 12.5 Å². The average molecular weight is 421 g/mol. The highest BCUT2D eigenvalue weighted by Crippen LogP contribution is 2.40. The van der Waals surface area contributed by atoms with Gasteiger partial charge in [0.1, 0.15) is 6.61 Å². The van der Waals surface area contributed by atoms with Crippen molar-refractivity contribution in [2.75, 3.05) is 12.4 Å². The van der Waals surface area contributed by atoms with Gasteiger partial charge in [-0.1, -0.05) is 52.5 Å². The van der Waals surface area contributed by atoms with E-state index in [4.69, 9.17) is 4.74 Å². The van der Waals surface area contributed by atoms with Gasteiger partial charge in [-0.2, -0.15) is 0 Å². The molecule has 2 aliphatic heterocycles. The van der Waals surface area contributed by atoms with E-state index >= 15 is 0 Å². The molecule has 3 rings (SSSR count). The summed E-state index contributed by atoms with van der Waals surface area (Å²) in [6.07, 6.45) is 1.93. The summed E-state index contributed by atoms with van der Waals surface area (Å²) in [7, 11) is 0. The molecule has 0 aliphatic carbocycles. The van der Waals surface area contributed by atoms with Gasteiger partial charge >= 0.3 is 5.97 Å². The van der Waals surface area contributed by atoms with E-state index in [0.717, 1.165) is 10.0 Å². The normalized spacial score (nSPS) is 20.1. The van der Waals surface area contributed by atoms with Crippen LogP contribution in [0.25, 0.3) is 0 Å². The van der Waals surface area contributed by atoms with Crippen LogP contribution in [0.1, 0.15) is 24.9 Å². The summed E-state index contributed by atoms with van der Waals surface area (Å²) in [6, 6.07) is 7.06. The number of hydrogen-bond donors (Lipinski definition) is 0. The fourth-order valence-electron chi connectivity index (χ4n) is 2.86. The lowest BCUT2D eigenvalue weighted by Crippen LogP contribution is -2.45. The third-order valence-corrected chi connectivity index (χ3v) is 5.37. The number of amidine groups is 1. The number of rotatable bonds is 4. The Bertz CT molecular complexity index is 803. The van der Waals surface area contributed by atoms with Gasteiger partial charge in [0.2, 0.25) is 5.91 Å². The van der Waals surface area contributed by atoms with E-state index in [0.29, 0.717) is 28.6 Å². The molecule has 1 amide bonds. The van der Waals surface area contributed by atoms with E-state index in [9.17, 15) is 9.59 Å². The average Bonchev–Trinajstić information content (AvgIpc) is 2.58. The van der Waals surface area contributed by atoms with E-state index in [1.54, 1.807) is 11.8 Å². The molecule has 2 aliphatic rings.